The second-order valence-corrected chi connectivity index (χ2v) is 10.6. The van der Waals surface area contributed by atoms with Crippen molar-refractivity contribution in [2.75, 3.05) is 11.5 Å². The molecule has 0 saturated carbocycles. The number of hydrogen-bond donors (Lipinski definition) is 0. The Kier molecular flexibility index (Phi) is 5.83. The predicted molar refractivity (Wildman–Crippen MR) is 150 cm³/mol. The third kappa shape index (κ3) is 3.77. The van der Waals surface area contributed by atoms with Crippen molar-refractivity contribution >= 4 is 34.9 Å². The number of esters is 1. The first-order chi connectivity index (χ1) is 20.3. The number of nitro benzene ring substituents is 1. The predicted octanol–water partition coefficient (Wildman–Crippen LogP) is 5.03. The summed E-state index contributed by atoms with van der Waals surface area (Å²) in [4.78, 5) is 64.4. The van der Waals surface area contributed by atoms with Gasteiger partial charge in [0.25, 0.3) is 5.69 Å². The molecule has 4 aromatic rings. The number of nitro groups is 1. The maximum absolute atomic E-state index is 13.9. The molecule has 1 saturated heterocycles. The van der Waals surface area contributed by atoms with Crippen molar-refractivity contribution in [3.63, 3.8) is 0 Å². The van der Waals surface area contributed by atoms with Crippen molar-refractivity contribution in [3.8, 4) is 0 Å². The molecule has 2 atom stereocenters. The van der Waals surface area contributed by atoms with Crippen molar-refractivity contribution < 1.29 is 28.8 Å². The van der Waals surface area contributed by atoms with Crippen molar-refractivity contribution in [2.24, 2.45) is 11.8 Å². The lowest BCUT2D eigenvalue weighted by atomic mass is 9.55. The molecule has 2 amide bonds. The Morgan fingerprint density at radius 2 is 1.24 bits per heavy atom. The van der Waals surface area contributed by atoms with Crippen LogP contribution >= 0.6 is 0 Å². The Morgan fingerprint density at radius 1 is 0.714 bits per heavy atom. The van der Waals surface area contributed by atoms with Crippen LogP contribution in [0.2, 0.25) is 0 Å². The number of imide groups is 1. The van der Waals surface area contributed by atoms with Gasteiger partial charge in [0, 0.05) is 29.5 Å². The highest BCUT2D eigenvalue weighted by Gasteiger charge is 2.61. The van der Waals surface area contributed by atoms with Gasteiger partial charge in [-0.25, -0.2) is 9.69 Å². The number of Topliss-reactive ketones (excluding diaryl/α,β-unsaturated/α-hetero) is 1. The van der Waals surface area contributed by atoms with E-state index in [1.807, 2.05) is 48.5 Å². The van der Waals surface area contributed by atoms with Crippen molar-refractivity contribution in [3.05, 3.63) is 141 Å². The average molecular weight is 559 g/mol. The first kappa shape index (κ1) is 25.5. The monoisotopic (exact) mass is 558 g/mol. The summed E-state index contributed by atoms with van der Waals surface area (Å²) in [6.45, 7) is -0.599. The Balaban J connectivity index is 1.11. The summed E-state index contributed by atoms with van der Waals surface area (Å²) >= 11 is 0. The molecular formula is C33H22N2O7. The Morgan fingerprint density at radius 3 is 1.74 bits per heavy atom. The Labute approximate surface area is 239 Å². The lowest BCUT2D eigenvalue weighted by Crippen LogP contribution is -2.41. The molecule has 2 bridgehead atoms. The summed E-state index contributed by atoms with van der Waals surface area (Å²) in [7, 11) is 0. The van der Waals surface area contributed by atoms with Gasteiger partial charge in [-0.3, -0.25) is 24.5 Å². The van der Waals surface area contributed by atoms with Crippen molar-refractivity contribution in [2.45, 2.75) is 11.8 Å². The Bertz CT molecular complexity index is 1710. The number of ether oxygens (including phenoxy) is 1. The topological polar surface area (TPSA) is 124 Å². The molecule has 3 aliphatic carbocycles. The van der Waals surface area contributed by atoms with E-state index < -0.39 is 35.1 Å². The van der Waals surface area contributed by atoms with Crippen LogP contribution in [0.15, 0.2) is 97.1 Å². The molecule has 8 rings (SSSR count). The third-order valence-corrected chi connectivity index (χ3v) is 8.52. The van der Waals surface area contributed by atoms with Crippen LogP contribution in [-0.2, 0) is 14.3 Å². The van der Waals surface area contributed by atoms with E-state index in [2.05, 4.69) is 0 Å². The van der Waals surface area contributed by atoms with Gasteiger partial charge in [-0.15, -0.1) is 0 Å². The van der Waals surface area contributed by atoms with Gasteiger partial charge in [-0.1, -0.05) is 60.7 Å². The minimum absolute atomic E-state index is 0.0538. The standard InChI is InChI=1S/C33H22N2O7/c36-26(19-6-5-7-21(16-19)35(40)41)17-42-33(39)18-12-14-20(15-13-18)34-31(37)29-27-22-8-1-2-9-23(22)28(30(29)32(34)38)25-11-4-3-10-24(25)27/h1-16,27-30H,17H2. The zero-order chi connectivity index (χ0) is 29.1. The van der Waals surface area contributed by atoms with Crippen LogP contribution in [0.3, 0.4) is 0 Å². The molecule has 4 aliphatic rings. The summed E-state index contributed by atoms with van der Waals surface area (Å²) in [5.41, 5.74) is 4.64. The summed E-state index contributed by atoms with van der Waals surface area (Å²) in [5.74, 6) is -3.36. The van der Waals surface area contributed by atoms with E-state index in [0.717, 1.165) is 28.3 Å². The van der Waals surface area contributed by atoms with E-state index in [1.54, 1.807) is 0 Å². The molecule has 1 fully saturated rings. The van der Waals surface area contributed by atoms with E-state index in [4.69, 9.17) is 4.74 Å². The molecular weight excluding hydrogens is 536 g/mol. The Hall–Kier alpha value is -5.44. The lowest BCUT2D eigenvalue weighted by molar-refractivity contribution is -0.384. The number of amides is 2. The van der Waals surface area contributed by atoms with E-state index in [0.29, 0.717) is 5.69 Å². The molecule has 0 N–H and O–H groups in total. The average Bonchev–Trinajstić information content (AvgIpc) is 3.29. The summed E-state index contributed by atoms with van der Waals surface area (Å²) < 4.78 is 5.13. The van der Waals surface area contributed by atoms with Crippen LogP contribution in [0.5, 0.6) is 0 Å². The zero-order valence-electron chi connectivity index (χ0n) is 22.0. The van der Waals surface area contributed by atoms with Gasteiger partial charge in [0.15, 0.2) is 6.61 Å². The SMILES string of the molecule is O=C(COC(=O)c1ccc(N2C(=O)C3C4c5ccccc5C(c5ccccc54)C3C2=O)cc1)c1cccc([N+](=O)[O-])c1. The van der Waals surface area contributed by atoms with Crippen LogP contribution in [0.25, 0.3) is 0 Å². The van der Waals surface area contributed by atoms with Crippen molar-refractivity contribution in [1.82, 2.24) is 0 Å². The maximum Gasteiger partial charge on any atom is 0.338 e. The summed E-state index contributed by atoms with van der Waals surface area (Å²) in [6, 6.07) is 27.1. The van der Waals surface area contributed by atoms with Crippen LogP contribution in [0.4, 0.5) is 11.4 Å². The fraction of sp³-hybridized carbons (Fsp3) is 0.152. The third-order valence-electron chi connectivity index (χ3n) is 8.52. The molecule has 0 radical (unpaired) electrons. The highest BCUT2D eigenvalue weighted by molar-refractivity contribution is 6.23. The molecule has 1 heterocycles. The van der Waals surface area contributed by atoms with Crippen LogP contribution in [0.1, 0.15) is 54.8 Å². The van der Waals surface area contributed by atoms with Gasteiger partial charge >= 0.3 is 5.97 Å². The number of ketones is 1. The van der Waals surface area contributed by atoms with E-state index in [9.17, 15) is 29.3 Å². The molecule has 206 valence electrons. The number of non-ortho nitro benzene ring substituents is 1. The van der Waals surface area contributed by atoms with Gasteiger partial charge in [0.05, 0.1) is 28.0 Å². The van der Waals surface area contributed by atoms with Crippen molar-refractivity contribution in [1.29, 1.82) is 0 Å². The molecule has 0 aromatic heterocycles. The quantitative estimate of drug-likeness (QED) is 0.107. The first-order valence-corrected chi connectivity index (χ1v) is 13.5. The fourth-order valence-electron chi connectivity index (χ4n) is 6.77. The number of nitrogens with zero attached hydrogens (tertiary/aromatic N) is 2. The smallest absolute Gasteiger partial charge is 0.338 e. The normalized spacial score (nSPS) is 21.4. The zero-order valence-corrected chi connectivity index (χ0v) is 22.0. The van der Waals surface area contributed by atoms with Gasteiger partial charge in [-0.2, -0.15) is 0 Å². The summed E-state index contributed by atoms with van der Waals surface area (Å²) in [5, 5.41) is 11.0. The molecule has 0 spiro atoms. The van der Waals surface area contributed by atoms with E-state index in [-0.39, 0.29) is 40.5 Å². The van der Waals surface area contributed by atoms with Gasteiger partial charge < -0.3 is 4.74 Å². The first-order valence-electron chi connectivity index (χ1n) is 13.5. The minimum Gasteiger partial charge on any atom is -0.454 e. The number of rotatable bonds is 6. The molecule has 9 nitrogen and oxygen atoms in total. The lowest BCUT2D eigenvalue weighted by Gasteiger charge is -2.45. The second-order valence-electron chi connectivity index (χ2n) is 10.6. The van der Waals surface area contributed by atoms with Gasteiger partial charge in [-0.05, 0) is 46.5 Å². The van der Waals surface area contributed by atoms with Crippen LogP contribution in [-0.4, -0.2) is 35.1 Å². The molecule has 1 aliphatic heterocycles. The minimum atomic E-state index is -0.781. The van der Waals surface area contributed by atoms with Gasteiger partial charge in [0.1, 0.15) is 0 Å². The highest BCUT2D eigenvalue weighted by Crippen LogP contribution is 2.61. The highest BCUT2D eigenvalue weighted by atomic mass is 16.6. The molecule has 2 unspecified atom stereocenters. The number of benzene rings is 4. The number of carbonyl (C=O) groups excluding carboxylic acids is 4. The molecule has 42 heavy (non-hydrogen) atoms. The second kappa shape index (κ2) is 9.59. The van der Waals surface area contributed by atoms with Crippen LogP contribution < -0.4 is 4.90 Å². The number of carbonyl (C=O) groups is 4. The van der Waals surface area contributed by atoms with E-state index >= 15 is 0 Å². The van der Waals surface area contributed by atoms with Gasteiger partial charge in [0.2, 0.25) is 17.6 Å². The molecule has 4 aromatic carbocycles. The fourth-order valence-corrected chi connectivity index (χ4v) is 6.77. The van der Waals surface area contributed by atoms with E-state index in [1.165, 1.54) is 47.4 Å². The number of anilines is 1. The van der Waals surface area contributed by atoms with Crippen LogP contribution in [0, 0.1) is 22.0 Å². The number of hydrogen-bond acceptors (Lipinski definition) is 7. The largest absolute Gasteiger partial charge is 0.454 e. The maximum atomic E-state index is 13.9. The molecule has 9 heteroatoms. The summed E-state index contributed by atoms with van der Waals surface area (Å²) in [6.07, 6.45) is 0.